The molecule has 3 heterocycles. The molecule has 0 fully saturated rings. The third kappa shape index (κ3) is 2.99. The fraction of sp³-hybridized carbons (Fsp3) is 0.135. The molecule has 0 spiro atoms. The zero-order valence-electron chi connectivity index (χ0n) is 22.9. The molecule has 4 nitrogen and oxygen atoms in total. The Bertz CT molecular complexity index is 2100. The minimum atomic E-state index is -0.163. The number of furan rings is 1. The van der Waals surface area contributed by atoms with Gasteiger partial charge in [-0.3, -0.25) is 0 Å². The summed E-state index contributed by atoms with van der Waals surface area (Å²) in [5.41, 5.74) is 10.3. The molecule has 2 atom stereocenters. The number of hydrogen-bond acceptors (Lipinski definition) is 4. The van der Waals surface area contributed by atoms with Gasteiger partial charge in [0, 0.05) is 38.8 Å². The van der Waals surface area contributed by atoms with Crippen molar-refractivity contribution < 1.29 is 4.42 Å². The molecule has 0 bridgehead atoms. The molecular weight excluding hydrogens is 502 g/mol. The topological polar surface area (TPSA) is 42.2 Å². The van der Waals surface area contributed by atoms with Gasteiger partial charge >= 0.3 is 0 Å². The Balaban J connectivity index is 1.35. The molecule has 196 valence electrons. The highest BCUT2D eigenvalue weighted by Crippen LogP contribution is 2.61. The first-order chi connectivity index (χ1) is 20.1. The fourth-order valence-electron chi connectivity index (χ4n) is 7.53. The van der Waals surface area contributed by atoms with E-state index < -0.39 is 0 Å². The lowest BCUT2D eigenvalue weighted by Gasteiger charge is -2.35. The van der Waals surface area contributed by atoms with Crippen LogP contribution in [0.2, 0.25) is 0 Å². The van der Waals surface area contributed by atoms with Crippen LogP contribution in [0, 0.1) is 0 Å². The van der Waals surface area contributed by atoms with E-state index in [9.17, 15) is 0 Å². The van der Waals surface area contributed by atoms with Gasteiger partial charge in [0.1, 0.15) is 11.3 Å². The molecule has 9 rings (SSSR count). The van der Waals surface area contributed by atoms with Crippen LogP contribution in [0.5, 0.6) is 0 Å². The standard InChI is InChI=1S/C37H27N3O/c1-37(2)26-17-9-6-14-23(26)35-33(37)32-28(20-21-30-31(32)25-16-8-11-19-29(25)41-30)40(35)36-38-27-18-10-7-15-24(27)34(39-36)22-12-4-3-5-13-22/h3-21,28,32H,1-2H3. The zero-order valence-corrected chi connectivity index (χ0v) is 22.9. The van der Waals surface area contributed by atoms with Crippen molar-refractivity contribution in [3.63, 3.8) is 0 Å². The van der Waals surface area contributed by atoms with Crippen LogP contribution >= 0.6 is 0 Å². The van der Waals surface area contributed by atoms with Gasteiger partial charge in [-0.05, 0) is 29.3 Å². The number of hydrogen-bond donors (Lipinski definition) is 0. The number of rotatable bonds is 2. The van der Waals surface area contributed by atoms with Gasteiger partial charge < -0.3 is 9.32 Å². The van der Waals surface area contributed by atoms with Crippen molar-refractivity contribution in [1.29, 1.82) is 0 Å². The van der Waals surface area contributed by atoms with E-state index in [1.807, 2.05) is 12.1 Å². The summed E-state index contributed by atoms with van der Waals surface area (Å²) in [7, 11) is 0. The molecule has 0 saturated heterocycles. The largest absolute Gasteiger partial charge is 0.456 e. The first-order valence-corrected chi connectivity index (χ1v) is 14.3. The second-order valence-corrected chi connectivity index (χ2v) is 11.8. The molecule has 1 aliphatic heterocycles. The maximum absolute atomic E-state index is 6.41. The van der Waals surface area contributed by atoms with Crippen LogP contribution in [0.4, 0.5) is 5.95 Å². The SMILES string of the molecule is CC1(C)C2=C(c3ccccc31)N(c1nc(-c3ccccc3)c3ccccc3n1)C1C=Cc3oc4ccccc4c3C21. The molecule has 3 aliphatic rings. The van der Waals surface area contributed by atoms with Gasteiger partial charge in [0.25, 0.3) is 0 Å². The van der Waals surface area contributed by atoms with Gasteiger partial charge in [-0.15, -0.1) is 0 Å². The van der Waals surface area contributed by atoms with Crippen LogP contribution < -0.4 is 4.90 Å². The highest BCUT2D eigenvalue weighted by atomic mass is 16.3. The minimum Gasteiger partial charge on any atom is -0.456 e. The molecule has 41 heavy (non-hydrogen) atoms. The molecule has 2 aromatic heterocycles. The molecule has 4 heteroatoms. The van der Waals surface area contributed by atoms with Crippen LogP contribution in [0.1, 0.15) is 42.2 Å². The van der Waals surface area contributed by atoms with Crippen molar-refractivity contribution in [3.8, 4) is 11.3 Å². The van der Waals surface area contributed by atoms with Crippen molar-refractivity contribution >= 4 is 39.6 Å². The van der Waals surface area contributed by atoms with Crippen molar-refractivity contribution in [2.45, 2.75) is 31.2 Å². The number of benzene rings is 4. The predicted octanol–water partition coefficient (Wildman–Crippen LogP) is 8.74. The van der Waals surface area contributed by atoms with Gasteiger partial charge in [0.15, 0.2) is 0 Å². The van der Waals surface area contributed by atoms with Gasteiger partial charge in [-0.2, -0.15) is 0 Å². The van der Waals surface area contributed by atoms with E-state index >= 15 is 0 Å². The molecule has 2 aliphatic carbocycles. The summed E-state index contributed by atoms with van der Waals surface area (Å²) in [5.74, 6) is 1.81. The van der Waals surface area contributed by atoms with Crippen molar-refractivity contribution in [1.82, 2.24) is 9.97 Å². The lowest BCUT2D eigenvalue weighted by molar-refractivity contribution is 0.541. The zero-order chi connectivity index (χ0) is 27.3. The van der Waals surface area contributed by atoms with Gasteiger partial charge in [0.05, 0.1) is 22.9 Å². The van der Waals surface area contributed by atoms with Crippen LogP contribution in [-0.2, 0) is 5.41 Å². The average molecular weight is 530 g/mol. The van der Waals surface area contributed by atoms with Crippen LogP contribution in [0.3, 0.4) is 0 Å². The molecule has 6 aromatic rings. The summed E-state index contributed by atoms with van der Waals surface area (Å²) in [6, 6.07) is 36.1. The number of aromatic nitrogens is 2. The summed E-state index contributed by atoms with van der Waals surface area (Å²) < 4.78 is 6.41. The first kappa shape index (κ1) is 22.8. The third-order valence-electron chi connectivity index (χ3n) is 9.25. The van der Waals surface area contributed by atoms with E-state index in [-0.39, 0.29) is 17.4 Å². The van der Waals surface area contributed by atoms with E-state index in [1.165, 1.54) is 33.3 Å². The lowest BCUT2D eigenvalue weighted by atomic mass is 9.71. The Hall–Kier alpha value is -4.96. The van der Waals surface area contributed by atoms with Gasteiger partial charge in [0.2, 0.25) is 5.95 Å². The number of nitrogens with zero attached hydrogens (tertiary/aromatic N) is 3. The Morgan fingerprint density at radius 2 is 1.49 bits per heavy atom. The second kappa shape index (κ2) is 8.05. The predicted molar refractivity (Wildman–Crippen MR) is 166 cm³/mol. The summed E-state index contributed by atoms with van der Waals surface area (Å²) in [6.07, 6.45) is 4.46. The van der Waals surface area contributed by atoms with Crippen molar-refractivity contribution in [2.24, 2.45) is 0 Å². The smallest absolute Gasteiger partial charge is 0.231 e. The van der Waals surface area contributed by atoms with E-state index in [1.54, 1.807) is 0 Å². The fourth-order valence-corrected chi connectivity index (χ4v) is 7.53. The normalized spacial score (nSPS) is 19.9. The van der Waals surface area contributed by atoms with E-state index in [4.69, 9.17) is 14.4 Å². The summed E-state index contributed by atoms with van der Waals surface area (Å²) in [6.45, 7) is 4.73. The monoisotopic (exact) mass is 529 g/mol. The molecular formula is C37H27N3O. The van der Waals surface area contributed by atoms with E-state index in [2.05, 4.69) is 122 Å². The number of para-hydroxylation sites is 2. The summed E-state index contributed by atoms with van der Waals surface area (Å²) >= 11 is 0. The van der Waals surface area contributed by atoms with Gasteiger partial charge in [-0.1, -0.05) is 111 Å². The Kier molecular flexibility index (Phi) is 4.48. The second-order valence-electron chi connectivity index (χ2n) is 11.8. The number of anilines is 1. The van der Waals surface area contributed by atoms with Crippen LogP contribution in [0.25, 0.3) is 44.9 Å². The Morgan fingerprint density at radius 1 is 0.756 bits per heavy atom. The average Bonchev–Trinajstić information content (AvgIpc) is 3.64. The highest BCUT2D eigenvalue weighted by molar-refractivity contribution is 5.99. The van der Waals surface area contributed by atoms with Crippen molar-refractivity contribution in [3.05, 3.63) is 137 Å². The van der Waals surface area contributed by atoms with Gasteiger partial charge in [-0.25, -0.2) is 9.97 Å². The molecule has 0 amide bonds. The summed E-state index contributed by atoms with van der Waals surface area (Å²) in [5, 5.41) is 2.24. The first-order valence-electron chi connectivity index (χ1n) is 14.3. The van der Waals surface area contributed by atoms with Crippen LogP contribution in [-0.4, -0.2) is 16.0 Å². The third-order valence-corrected chi connectivity index (χ3v) is 9.25. The van der Waals surface area contributed by atoms with Crippen molar-refractivity contribution in [2.75, 3.05) is 4.90 Å². The quantitative estimate of drug-likeness (QED) is 0.225. The Labute approximate surface area is 238 Å². The summed E-state index contributed by atoms with van der Waals surface area (Å²) in [4.78, 5) is 13.0. The molecule has 4 aromatic carbocycles. The maximum Gasteiger partial charge on any atom is 0.231 e. The minimum absolute atomic E-state index is 0.0333. The molecule has 0 N–H and O–H groups in total. The van der Waals surface area contributed by atoms with E-state index in [0.717, 1.165) is 39.5 Å². The molecule has 0 saturated carbocycles. The number of fused-ring (bicyclic) bond motifs is 9. The van der Waals surface area contributed by atoms with E-state index in [0.29, 0.717) is 0 Å². The maximum atomic E-state index is 6.41. The molecule has 2 unspecified atom stereocenters. The molecule has 0 radical (unpaired) electrons. The lowest BCUT2D eigenvalue weighted by Crippen LogP contribution is -2.36. The van der Waals surface area contributed by atoms with Crippen LogP contribution in [0.15, 0.2) is 119 Å². The highest BCUT2D eigenvalue weighted by Gasteiger charge is 2.54. The Morgan fingerprint density at radius 3 is 2.37 bits per heavy atom.